The van der Waals surface area contributed by atoms with Crippen molar-refractivity contribution in [1.29, 1.82) is 5.26 Å². The van der Waals surface area contributed by atoms with Crippen LogP contribution >= 0.6 is 11.6 Å². The van der Waals surface area contributed by atoms with Crippen LogP contribution in [-0.4, -0.2) is 28.8 Å². The lowest BCUT2D eigenvalue weighted by molar-refractivity contribution is -0.162. The average Bonchev–Trinajstić information content (AvgIpc) is 2.88. The van der Waals surface area contributed by atoms with Crippen molar-refractivity contribution in [3.8, 4) is 6.07 Å². The maximum Gasteiger partial charge on any atom is 0.342 e. The number of benzene rings is 1. The molecule has 1 aromatic rings. The molecule has 0 aliphatic carbocycles. The predicted octanol–water partition coefficient (Wildman–Crippen LogP) is 3.61. The minimum Gasteiger partial charge on any atom is -0.458 e. The van der Waals surface area contributed by atoms with E-state index >= 15 is 0 Å². The van der Waals surface area contributed by atoms with Gasteiger partial charge in [0.05, 0.1) is 6.07 Å². The normalized spacial score (nSPS) is 28.6. The number of nitriles is 1. The number of nitrogens with zero attached hydrogens (tertiary/aromatic N) is 1. The molecule has 0 amide bonds. The molecule has 0 unspecified atom stereocenters. The molecular formula is C20H27ClN2O3. The molecule has 26 heavy (non-hydrogen) atoms. The van der Waals surface area contributed by atoms with Gasteiger partial charge in [-0.05, 0) is 44.9 Å². The second-order valence-corrected chi connectivity index (χ2v) is 8.28. The number of aliphatic hydroxyl groups excluding tert-OH is 1. The van der Waals surface area contributed by atoms with Crippen molar-refractivity contribution in [2.45, 2.75) is 57.7 Å². The molecule has 2 rings (SSSR count). The summed E-state index contributed by atoms with van der Waals surface area (Å²) in [5.74, 6) is -1.24. The monoisotopic (exact) mass is 378 g/mol. The van der Waals surface area contributed by atoms with Crippen molar-refractivity contribution < 1.29 is 14.6 Å². The first-order chi connectivity index (χ1) is 12.2. The molecule has 1 heterocycles. The summed E-state index contributed by atoms with van der Waals surface area (Å²) in [6.07, 6.45) is 1.42. The van der Waals surface area contributed by atoms with E-state index in [9.17, 15) is 15.2 Å². The molecule has 0 saturated carbocycles. The third-order valence-electron chi connectivity index (χ3n) is 4.80. The van der Waals surface area contributed by atoms with E-state index in [0.29, 0.717) is 11.4 Å². The highest BCUT2D eigenvalue weighted by atomic mass is 35.5. The van der Waals surface area contributed by atoms with Crippen molar-refractivity contribution in [1.82, 2.24) is 5.32 Å². The molecule has 1 aliphatic rings. The summed E-state index contributed by atoms with van der Waals surface area (Å²) in [5, 5.41) is 23.8. The second-order valence-electron chi connectivity index (χ2n) is 7.84. The van der Waals surface area contributed by atoms with E-state index in [1.165, 1.54) is 0 Å². The zero-order chi connectivity index (χ0) is 19.5. The summed E-state index contributed by atoms with van der Waals surface area (Å²) in [7, 11) is 0. The molecule has 0 bridgehead atoms. The molecule has 0 aromatic heterocycles. The van der Waals surface area contributed by atoms with Gasteiger partial charge in [0.1, 0.15) is 5.60 Å². The molecule has 0 radical (unpaired) electrons. The Hall–Kier alpha value is -1.61. The van der Waals surface area contributed by atoms with Crippen LogP contribution in [0.4, 0.5) is 0 Å². The van der Waals surface area contributed by atoms with Crippen LogP contribution in [0, 0.1) is 23.2 Å². The summed E-state index contributed by atoms with van der Waals surface area (Å²) in [5.41, 5.74) is -1.36. The molecule has 2 N–H and O–H groups in total. The molecule has 0 spiro atoms. The van der Waals surface area contributed by atoms with E-state index in [-0.39, 0.29) is 24.5 Å². The predicted molar refractivity (Wildman–Crippen MR) is 100 cm³/mol. The van der Waals surface area contributed by atoms with Gasteiger partial charge >= 0.3 is 5.97 Å². The highest BCUT2D eigenvalue weighted by Crippen LogP contribution is 2.46. The van der Waals surface area contributed by atoms with E-state index in [1.807, 2.05) is 19.1 Å². The molecule has 4 atom stereocenters. The van der Waals surface area contributed by atoms with Crippen LogP contribution in [0.25, 0.3) is 0 Å². The largest absolute Gasteiger partial charge is 0.458 e. The summed E-state index contributed by atoms with van der Waals surface area (Å²) in [4.78, 5) is 13.0. The van der Waals surface area contributed by atoms with E-state index in [2.05, 4.69) is 11.4 Å². The summed E-state index contributed by atoms with van der Waals surface area (Å²) in [6, 6.07) is 9.10. The van der Waals surface area contributed by atoms with E-state index in [1.54, 1.807) is 32.9 Å². The summed E-state index contributed by atoms with van der Waals surface area (Å²) < 4.78 is 5.56. The van der Waals surface area contributed by atoms with Gasteiger partial charge in [-0.25, -0.2) is 4.79 Å². The SMILES string of the molecule is CCC[C@@H]1[C@@H](CO)[C@@H](c2cccc(Cl)c2)N[C@@]1(C#N)C(=O)OC(C)(C)C. The lowest BCUT2D eigenvalue weighted by Gasteiger charge is -2.31. The third-order valence-corrected chi connectivity index (χ3v) is 5.03. The van der Waals surface area contributed by atoms with Crippen LogP contribution in [-0.2, 0) is 9.53 Å². The van der Waals surface area contributed by atoms with Gasteiger partial charge in [0.25, 0.3) is 0 Å². The van der Waals surface area contributed by atoms with Crippen LogP contribution in [0.3, 0.4) is 0 Å². The number of esters is 1. The van der Waals surface area contributed by atoms with Crippen LogP contribution in [0.15, 0.2) is 24.3 Å². The summed E-state index contributed by atoms with van der Waals surface area (Å²) in [6.45, 7) is 7.19. The smallest absolute Gasteiger partial charge is 0.342 e. The highest BCUT2D eigenvalue weighted by Gasteiger charge is 2.59. The number of ether oxygens (including phenoxy) is 1. The minimum atomic E-state index is -1.50. The number of halogens is 1. The number of carbonyl (C=O) groups excluding carboxylic acids is 1. The number of carbonyl (C=O) groups is 1. The van der Waals surface area contributed by atoms with Gasteiger partial charge in [-0.1, -0.05) is 37.1 Å². The Labute approximate surface area is 160 Å². The average molecular weight is 379 g/mol. The van der Waals surface area contributed by atoms with Crippen molar-refractivity contribution in [2.75, 3.05) is 6.61 Å². The van der Waals surface area contributed by atoms with E-state index in [0.717, 1.165) is 12.0 Å². The lowest BCUT2D eigenvalue weighted by atomic mass is 9.76. The maximum atomic E-state index is 13.0. The van der Waals surface area contributed by atoms with Gasteiger partial charge in [-0.2, -0.15) is 5.26 Å². The Bertz CT molecular complexity index is 695. The van der Waals surface area contributed by atoms with E-state index in [4.69, 9.17) is 16.3 Å². The Morgan fingerprint density at radius 1 is 1.46 bits per heavy atom. The molecule has 1 aliphatic heterocycles. The lowest BCUT2D eigenvalue weighted by Crippen LogP contribution is -2.54. The maximum absolute atomic E-state index is 13.0. The molecular weight excluding hydrogens is 352 g/mol. The number of aliphatic hydroxyl groups is 1. The number of hydrogen-bond donors (Lipinski definition) is 2. The van der Waals surface area contributed by atoms with Crippen LogP contribution in [0.2, 0.25) is 5.02 Å². The van der Waals surface area contributed by atoms with Crippen molar-refractivity contribution in [3.05, 3.63) is 34.9 Å². The second kappa shape index (κ2) is 7.96. The van der Waals surface area contributed by atoms with Gasteiger partial charge in [-0.15, -0.1) is 0 Å². The van der Waals surface area contributed by atoms with Gasteiger partial charge in [0.2, 0.25) is 5.54 Å². The number of nitrogens with one attached hydrogen (secondary N) is 1. The van der Waals surface area contributed by atoms with Gasteiger partial charge in [0, 0.05) is 29.5 Å². The Morgan fingerprint density at radius 2 is 2.15 bits per heavy atom. The molecule has 1 saturated heterocycles. The highest BCUT2D eigenvalue weighted by molar-refractivity contribution is 6.30. The zero-order valence-corrected chi connectivity index (χ0v) is 16.5. The first kappa shape index (κ1) is 20.7. The zero-order valence-electron chi connectivity index (χ0n) is 15.8. The number of rotatable bonds is 5. The fourth-order valence-corrected chi connectivity index (χ4v) is 3.95. The summed E-state index contributed by atoms with van der Waals surface area (Å²) >= 11 is 6.12. The fraction of sp³-hybridized carbons (Fsp3) is 0.600. The molecule has 1 aromatic carbocycles. The standard InChI is InChI=1S/C20H27ClN2O3/c1-5-7-16-15(11-24)17(13-8-6-9-14(21)10-13)23-20(16,12-22)18(25)26-19(2,3)4/h6,8-10,15-17,23-24H,5,7,11H2,1-4H3/t15-,16-,17-,20-/m1/s1. The fourth-order valence-electron chi connectivity index (χ4n) is 3.75. The van der Waals surface area contributed by atoms with Gasteiger partial charge in [-0.3, -0.25) is 5.32 Å². The van der Waals surface area contributed by atoms with Gasteiger partial charge in [0.15, 0.2) is 0 Å². The topological polar surface area (TPSA) is 82.4 Å². The first-order valence-electron chi connectivity index (χ1n) is 8.97. The third kappa shape index (κ3) is 4.03. The van der Waals surface area contributed by atoms with Gasteiger partial charge < -0.3 is 9.84 Å². The van der Waals surface area contributed by atoms with Crippen LogP contribution in [0.5, 0.6) is 0 Å². The van der Waals surface area contributed by atoms with Crippen molar-refractivity contribution in [3.63, 3.8) is 0 Å². The van der Waals surface area contributed by atoms with Crippen molar-refractivity contribution >= 4 is 17.6 Å². The Morgan fingerprint density at radius 3 is 2.65 bits per heavy atom. The van der Waals surface area contributed by atoms with Crippen LogP contribution < -0.4 is 5.32 Å². The molecule has 1 fully saturated rings. The molecule has 5 nitrogen and oxygen atoms in total. The molecule has 6 heteroatoms. The minimum absolute atomic E-state index is 0.138. The quantitative estimate of drug-likeness (QED) is 0.765. The van der Waals surface area contributed by atoms with Crippen molar-refractivity contribution in [2.24, 2.45) is 11.8 Å². The first-order valence-corrected chi connectivity index (χ1v) is 9.35. The number of hydrogen-bond acceptors (Lipinski definition) is 5. The Balaban J connectivity index is 2.49. The Kier molecular flexibility index (Phi) is 6.33. The molecule has 142 valence electrons. The van der Waals surface area contributed by atoms with E-state index < -0.39 is 17.1 Å². The van der Waals surface area contributed by atoms with Crippen LogP contribution in [0.1, 0.15) is 52.1 Å².